The van der Waals surface area contributed by atoms with E-state index in [0.717, 1.165) is 36.7 Å². The maximum Gasteiger partial charge on any atom is 0.251 e. The Labute approximate surface area is 134 Å². The Bertz CT molecular complexity index is 649. The molecule has 0 aliphatic rings. The van der Waals surface area contributed by atoms with Gasteiger partial charge in [-0.1, -0.05) is 12.1 Å². The fraction of sp³-hybridized carbons (Fsp3) is 0.278. The van der Waals surface area contributed by atoms with Gasteiger partial charge in [-0.15, -0.1) is 0 Å². The minimum Gasteiger partial charge on any atom is -0.378 e. The van der Waals surface area contributed by atoms with Gasteiger partial charge in [-0.2, -0.15) is 0 Å². The smallest absolute Gasteiger partial charge is 0.251 e. The first-order valence-electron chi connectivity index (χ1n) is 7.46. The zero-order valence-corrected chi connectivity index (χ0v) is 13.3. The van der Waals surface area contributed by atoms with Gasteiger partial charge in [0.2, 0.25) is 0 Å². The molecule has 0 radical (unpaired) electrons. The molecule has 0 heterocycles. The van der Waals surface area contributed by atoms with E-state index in [1.165, 1.54) is 5.56 Å². The van der Waals surface area contributed by atoms with Crippen LogP contribution in [0.2, 0.25) is 0 Å². The molecule has 0 unspecified atom stereocenters. The summed E-state index contributed by atoms with van der Waals surface area (Å²) in [6.45, 7) is 0.451. The summed E-state index contributed by atoms with van der Waals surface area (Å²) in [6.07, 6.45) is 1.58. The third-order valence-corrected chi connectivity index (χ3v) is 3.51. The van der Waals surface area contributed by atoms with Crippen molar-refractivity contribution in [2.45, 2.75) is 12.8 Å². The molecule has 1 amide bonds. The Hall–Kier alpha value is -2.43. The molecule has 1 N–H and O–H groups in total. The van der Waals surface area contributed by atoms with Crippen LogP contribution in [0.4, 0.5) is 14.5 Å². The van der Waals surface area contributed by atoms with E-state index in [9.17, 15) is 13.6 Å². The lowest BCUT2D eigenvalue weighted by atomic mass is 10.1. The number of aryl methyl sites for hydroxylation is 1. The van der Waals surface area contributed by atoms with Crippen LogP contribution in [0.25, 0.3) is 0 Å². The van der Waals surface area contributed by atoms with Gasteiger partial charge in [-0.3, -0.25) is 4.79 Å². The Balaban J connectivity index is 1.79. The standard InChI is InChI=1S/C18H20F2N2O/c1-22(2)17-7-5-13(6-8-17)4-3-9-21-18(23)14-10-15(19)12-16(20)11-14/h5-8,10-12H,3-4,9H2,1-2H3,(H,21,23). The molecule has 2 rings (SSSR count). The highest BCUT2D eigenvalue weighted by Crippen LogP contribution is 2.13. The van der Waals surface area contributed by atoms with Crippen LogP contribution in [0.5, 0.6) is 0 Å². The second-order valence-corrected chi connectivity index (χ2v) is 5.58. The molecule has 23 heavy (non-hydrogen) atoms. The third-order valence-electron chi connectivity index (χ3n) is 3.51. The maximum absolute atomic E-state index is 13.1. The lowest BCUT2D eigenvalue weighted by Crippen LogP contribution is -2.25. The first-order chi connectivity index (χ1) is 11.0. The van der Waals surface area contributed by atoms with Crippen LogP contribution in [-0.4, -0.2) is 26.5 Å². The number of rotatable bonds is 6. The lowest BCUT2D eigenvalue weighted by molar-refractivity contribution is 0.0952. The Morgan fingerprint density at radius 2 is 1.65 bits per heavy atom. The van der Waals surface area contributed by atoms with Gasteiger partial charge in [0, 0.05) is 38.0 Å². The Morgan fingerprint density at radius 1 is 1.04 bits per heavy atom. The molecule has 2 aromatic rings. The van der Waals surface area contributed by atoms with Crippen LogP contribution in [0, 0.1) is 11.6 Å². The van der Waals surface area contributed by atoms with Crippen molar-refractivity contribution in [2.24, 2.45) is 0 Å². The van der Waals surface area contributed by atoms with Gasteiger partial charge in [0.1, 0.15) is 11.6 Å². The number of hydrogen-bond acceptors (Lipinski definition) is 2. The Morgan fingerprint density at radius 3 is 2.22 bits per heavy atom. The normalized spacial score (nSPS) is 10.4. The Kier molecular flexibility index (Phi) is 5.68. The van der Waals surface area contributed by atoms with Crippen molar-refractivity contribution < 1.29 is 13.6 Å². The molecule has 0 atom stereocenters. The van der Waals surface area contributed by atoms with Crippen LogP contribution in [0.1, 0.15) is 22.3 Å². The predicted molar refractivity (Wildman–Crippen MR) is 87.8 cm³/mol. The van der Waals surface area contributed by atoms with Crippen molar-refractivity contribution >= 4 is 11.6 Å². The first kappa shape index (κ1) is 16.9. The average Bonchev–Trinajstić information content (AvgIpc) is 2.50. The summed E-state index contributed by atoms with van der Waals surface area (Å²) in [5.74, 6) is -1.97. The summed E-state index contributed by atoms with van der Waals surface area (Å²) in [7, 11) is 3.97. The van der Waals surface area contributed by atoms with Gasteiger partial charge in [0.05, 0.1) is 0 Å². The van der Waals surface area contributed by atoms with Crippen LogP contribution in [-0.2, 0) is 6.42 Å². The van der Waals surface area contributed by atoms with Gasteiger partial charge in [-0.05, 0) is 42.7 Å². The molecule has 0 saturated carbocycles. The molecule has 0 fully saturated rings. The summed E-state index contributed by atoms with van der Waals surface area (Å²) in [5, 5.41) is 2.67. The fourth-order valence-corrected chi connectivity index (χ4v) is 2.24. The number of carbonyl (C=O) groups is 1. The van der Waals surface area contributed by atoms with E-state index in [1.807, 2.05) is 31.1 Å². The van der Waals surface area contributed by atoms with E-state index in [-0.39, 0.29) is 5.56 Å². The van der Waals surface area contributed by atoms with Crippen molar-refractivity contribution in [3.63, 3.8) is 0 Å². The number of nitrogens with zero attached hydrogens (tertiary/aromatic N) is 1. The molecule has 0 aliphatic carbocycles. The predicted octanol–water partition coefficient (Wildman–Crippen LogP) is 3.39. The number of nitrogens with one attached hydrogen (secondary N) is 1. The zero-order chi connectivity index (χ0) is 16.8. The summed E-state index contributed by atoms with van der Waals surface area (Å²) < 4.78 is 26.1. The van der Waals surface area contributed by atoms with E-state index in [4.69, 9.17) is 0 Å². The largest absolute Gasteiger partial charge is 0.378 e. The minimum absolute atomic E-state index is 0.00200. The quantitative estimate of drug-likeness (QED) is 0.828. The second-order valence-electron chi connectivity index (χ2n) is 5.58. The average molecular weight is 318 g/mol. The molecule has 5 heteroatoms. The summed E-state index contributed by atoms with van der Waals surface area (Å²) in [5.41, 5.74) is 2.31. The van der Waals surface area contributed by atoms with E-state index in [0.29, 0.717) is 6.54 Å². The van der Waals surface area contributed by atoms with E-state index in [2.05, 4.69) is 17.4 Å². The highest BCUT2D eigenvalue weighted by atomic mass is 19.1. The van der Waals surface area contributed by atoms with Crippen molar-refractivity contribution in [3.05, 3.63) is 65.2 Å². The van der Waals surface area contributed by atoms with Crippen molar-refractivity contribution in [2.75, 3.05) is 25.5 Å². The van der Waals surface area contributed by atoms with Crippen molar-refractivity contribution in [1.29, 1.82) is 0 Å². The fourth-order valence-electron chi connectivity index (χ4n) is 2.24. The van der Waals surface area contributed by atoms with Crippen LogP contribution in [0.15, 0.2) is 42.5 Å². The van der Waals surface area contributed by atoms with Crippen LogP contribution < -0.4 is 10.2 Å². The first-order valence-corrected chi connectivity index (χ1v) is 7.46. The molecule has 122 valence electrons. The van der Waals surface area contributed by atoms with E-state index < -0.39 is 17.5 Å². The summed E-state index contributed by atoms with van der Waals surface area (Å²) in [4.78, 5) is 13.9. The number of halogens is 2. The number of anilines is 1. The van der Waals surface area contributed by atoms with Crippen LogP contribution in [0.3, 0.4) is 0 Å². The summed E-state index contributed by atoms with van der Waals surface area (Å²) in [6, 6.07) is 11.0. The van der Waals surface area contributed by atoms with Gasteiger partial charge >= 0.3 is 0 Å². The topological polar surface area (TPSA) is 32.3 Å². The van der Waals surface area contributed by atoms with Crippen molar-refractivity contribution in [1.82, 2.24) is 5.32 Å². The van der Waals surface area contributed by atoms with Crippen LogP contribution >= 0.6 is 0 Å². The monoisotopic (exact) mass is 318 g/mol. The number of amides is 1. The number of hydrogen-bond donors (Lipinski definition) is 1. The minimum atomic E-state index is -0.754. The van der Waals surface area contributed by atoms with E-state index >= 15 is 0 Å². The highest BCUT2D eigenvalue weighted by Gasteiger charge is 2.08. The van der Waals surface area contributed by atoms with Gasteiger partial charge in [-0.25, -0.2) is 8.78 Å². The molecule has 0 bridgehead atoms. The van der Waals surface area contributed by atoms with E-state index in [1.54, 1.807) is 0 Å². The second kappa shape index (κ2) is 7.72. The lowest BCUT2D eigenvalue weighted by Gasteiger charge is -2.12. The molecule has 0 aromatic heterocycles. The highest BCUT2D eigenvalue weighted by molar-refractivity contribution is 5.94. The molecule has 0 spiro atoms. The molecular formula is C18H20F2N2O. The molecular weight excluding hydrogens is 298 g/mol. The van der Waals surface area contributed by atoms with Crippen molar-refractivity contribution in [3.8, 4) is 0 Å². The maximum atomic E-state index is 13.1. The number of benzene rings is 2. The molecule has 0 saturated heterocycles. The molecule has 0 aliphatic heterocycles. The summed E-state index contributed by atoms with van der Waals surface area (Å²) >= 11 is 0. The third kappa shape index (κ3) is 5.06. The van der Waals surface area contributed by atoms with Gasteiger partial charge < -0.3 is 10.2 Å². The number of carbonyl (C=O) groups excluding carboxylic acids is 1. The van der Waals surface area contributed by atoms with Gasteiger partial charge in [0.25, 0.3) is 5.91 Å². The van der Waals surface area contributed by atoms with Gasteiger partial charge in [0.15, 0.2) is 0 Å². The zero-order valence-electron chi connectivity index (χ0n) is 13.3. The SMILES string of the molecule is CN(C)c1ccc(CCCNC(=O)c2cc(F)cc(F)c2)cc1. The molecule has 3 nitrogen and oxygen atoms in total. The molecule has 2 aromatic carbocycles.